The summed E-state index contributed by atoms with van der Waals surface area (Å²) in [5.41, 5.74) is 12.6. The molecule has 204 valence electrons. The standard InChI is InChI=1S/C42H30O/c1-27-24-25-37-34(26-27)31-17-6-8-21-36(31)42(37,29-14-3-2-4-15-29)35-20-7-5-16-30(35)32-18-11-23-39-41(32)33-19-9-12-28-13-10-22-38(43-39)40(28)33/h2-25,27H,26H2,1H3. The van der Waals surface area contributed by atoms with E-state index in [2.05, 4.69) is 153 Å². The van der Waals surface area contributed by atoms with Crippen molar-refractivity contribution in [2.75, 3.05) is 0 Å². The molecule has 1 heterocycles. The highest BCUT2D eigenvalue weighted by atomic mass is 16.5. The molecular formula is C42H30O. The van der Waals surface area contributed by atoms with Crippen LogP contribution in [0.4, 0.5) is 0 Å². The molecule has 0 aromatic heterocycles. The topological polar surface area (TPSA) is 9.23 Å². The fourth-order valence-corrected chi connectivity index (χ4v) is 8.01. The molecule has 0 fully saturated rings. The highest BCUT2D eigenvalue weighted by Gasteiger charge is 2.48. The van der Waals surface area contributed by atoms with Gasteiger partial charge in [0, 0.05) is 10.9 Å². The van der Waals surface area contributed by atoms with Crippen LogP contribution in [0, 0.1) is 5.92 Å². The lowest BCUT2D eigenvalue weighted by Gasteiger charge is -2.37. The molecule has 6 aromatic rings. The van der Waals surface area contributed by atoms with Crippen molar-refractivity contribution in [3.8, 4) is 33.8 Å². The van der Waals surface area contributed by atoms with Gasteiger partial charge in [0.1, 0.15) is 11.5 Å². The number of ether oxygens (including phenoxy) is 1. The maximum absolute atomic E-state index is 6.62. The molecule has 1 aliphatic heterocycles. The van der Waals surface area contributed by atoms with Crippen molar-refractivity contribution in [1.82, 2.24) is 0 Å². The van der Waals surface area contributed by atoms with Gasteiger partial charge in [0.15, 0.2) is 0 Å². The Morgan fingerprint density at radius 1 is 0.581 bits per heavy atom. The molecule has 0 N–H and O–H groups in total. The second kappa shape index (κ2) is 9.18. The van der Waals surface area contributed by atoms with E-state index in [4.69, 9.17) is 4.74 Å². The first-order chi connectivity index (χ1) is 21.2. The molecule has 0 amide bonds. The molecule has 0 bridgehead atoms. The second-order valence-corrected chi connectivity index (χ2v) is 12.1. The number of fused-ring (bicyclic) bond motifs is 4. The van der Waals surface area contributed by atoms with E-state index in [1.807, 2.05) is 0 Å². The van der Waals surface area contributed by atoms with E-state index in [0.29, 0.717) is 5.92 Å². The number of hydrogen-bond acceptors (Lipinski definition) is 1. The fraction of sp³-hybridized carbons (Fsp3) is 0.0952. The highest BCUT2D eigenvalue weighted by molar-refractivity contribution is 6.08. The zero-order valence-electron chi connectivity index (χ0n) is 24.0. The van der Waals surface area contributed by atoms with Crippen LogP contribution in [0.5, 0.6) is 11.5 Å². The lowest BCUT2D eigenvalue weighted by atomic mass is 9.64. The van der Waals surface area contributed by atoms with E-state index in [1.165, 1.54) is 60.9 Å². The summed E-state index contributed by atoms with van der Waals surface area (Å²) >= 11 is 0. The normalized spacial score (nSPS) is 19.5. The van der Waals surface area contributed by atoms with Crippen molar-refractivity contribution in [3.63, 3.8) is 0 Å². The number of benzene rings is 6. The molecule has 1 heteroatoms. The molecule has 0 spiro atoms. The summed E-state index contributed by atoms with van der Waals surface area (Å²) in [5.74, 6) is 2.34. The second-order valence-electron chi connectivity index (χ2n) is 12.1. The van der Waals surface area contributed by atoms with Gasteiger partial charge in [-0.1, -0.05) is 140 Å². The van der Waals surface area contributed by atoms with Gasteiger partial charge in [0.2, 0.25) is 0 Å². The van der Waals surface area contributed by atoms with Gasteiger partial charge in [-0.15, -0.1) is 0 Å². The maximum Gasteiger partial charge on any atom is 0.135 e. The first-order valence-electron chi connectivity index (χ1n) is 15.3. The van der Waals surface area contributed by atoms with Crippen LogP contribution in [0.2, 0.25) is 0 Å². The average Bonchev–Trinajstić information content (AvgIpc) is 3.35. The Kier molecular flexibility index (Phi) is 5.22. The molecule has 9 rings (SSSR count). The van der Waals surface area contributed by atoms with E-state index >= 15 is 0 Å². The van der Waals surface area contributed by atoms with Gasteiger partial charge < -0.3 is 4.74 Å². The molecule has 2 atom stereocenters. The Hall–Kier alpha value is -5.14. The molecule has 43 heavy (non-hydrogen) atoms. The van der Waals surface area contributed by atoms with Crippen molar-refractivity contribution < 1.29 is 4.74 Å². The molecule has 0 saturated carbocycles. The zero-order valence-corrected chi connectivity index (χ0v) is 24.0. The van der Waals surface area contributed by atoms with Crippen LogP contribution in [0.1, 0.15) is 35.6 Å². The Bertz CT molecular complexity index is 2140. The largest absolute Gasteiger partial charge is 0.456 e. The van der Waals surface area contributed by atoms with Crippen LogP contribution in [-0.2, 0) is 5.41 Å². The van der Waals surface area contributed by atoms with E-state index < -0.39 is 5.41 Å². The number of allylic oxidation sites excluding steroid dienone is 4. The van der Waals surface area contributed by atoms with Gasteiger partial charge >= 0.3 is 0 Å². The van der Waals surface area contributed by atoms with Gasteiger partial charge in [-0.25, -0.2) is 0 Å². The van der Waals surface area contributed by atoms with Crippen molar-refractivity contribution in [1.29, 1.82) is 0 Å². The van der Waals surface area contributed by atoms with E-state index in [1.54, 1.807) is 0 Å². The Balaban J connectivity index is 1.39. The fourth-order valence-electron chi connectivity index (χ4n) is 8.01. The number of hydrogen-bond donors (Lipinski definition) is 0. The SMILES string of the molecule is CC1C=CC2=C(C1)c1ccccc1C2(c1ccccc1)c1ccccc1-c1cccc2c1-c1cccc3cccc(c13)O2. The van der Waals surface area contributed by atoms with Crippen LogP contribution >= 0.6 is 0 Å². The minimum absolute atomic E-state index is 0.442. The summed E-state index contributed by atoms with van der Waals surface area (Å²) in [6, 6.07) is 48.8. The zero-order chi connectivity index (χ0) is 28.5. The summed E-state index contributed by atoms with van der Waals surface area (Å²) < 4.78 is 6.62. The predicted molar refractivity (Wildman–Crippen MR) is 178 cm³/mol. The van der Waals surface area contributed by atoms with Gasteiger partial charge in [0.05, 0.1) is 5.41 Å². The summed E-state index contributed by atoms with van der Waals surface area (Å²) in [5, 5.41) is 2.38. The minimum Gasteiger partial charge on any atom is -0.456 e. The quantitative estimate of drug-likeness (QED) is 0.213. The van der Waals surface area contributed by atoms with Crippen LogP contribution < -0.4 is 4.74 Å². The first-order valence-corrected chi connectivity index (χ1v) is 15.3. The van der Waals surface area contributed by atoms with Crippen molar-refractivity contribution in [3.05, 3.63) is 173 Å². The summed E-state index contributed by atoms with van der Waals surface area (Å²) in [7, 11) is 0. The van der Waals surface area contributed by atoms with Crippen molar-refractivity contribution in [2.45, 2.75) is 18.8 Å². The third-order valence-corrected chi connectivity index (χ3v) is 9.71. The van der Waals surface area contributed by atoms with Crippen LogP contribution in [0.3, 0.4) is 0 Å². The Morgan fingerprint density at radius 2 is 1.21 bits per heavy atom. The minimum atomic E-state index is -0.442. The maximum atomic E-state index is 6.62. The van der Waals surface area contributed by atoms with Gasteiger partial charge in [0.25, 0.3) is 0 Å². The Morgan fingerprint density at radius 3 is 2.05 bits per heavy atom. The third-order valence-electron chi connectivity index (χ3n) is 9.71. The molecular weight excluding hydrogens is 520 g/mol. The molecule has 2 aliphatic carbocycles. The predicted octanol–water partition coefficient (Wildman–Crippen LogP) is 11.0. The van der Waals surface area contributed by atoms with E-state index in [9.17, 15) is 0 Å². The van der Waals surface area contributed by atoms with Crippen LogP contribution in [0.15, 0.2) is 151 Å². The summed E-state index contributed by atoms with van der Waals surface area (Å²) in [6.07, 6.45) is 5.88. The van der Waals surface area contributed by atoms with E-state index in [-0.39, 0.29) is 0 Å². The van der Waals surface area contributed by atoms with Gasteiger partial charge in [-0.05, 0) is 79.9 Å². The molecule has 1 nitrogen and oxygen atoms in total. The van der Waals surface area contributed by atoms with Gasteiger partial charge in [-0.3, -0.25) is 0 Å². The molecule has 2 unspecified atom stereocenters. The van der Waals surface area contributed by atoms with Crippen LogP contribution in [-0.4, -0.2) is 0 Å². The smallest absolute Gasteiger partial charge is 0.135 e. The average molecular weight is 551 g/mol. The monoisotopic (exact) mass is 550 g/mol. The lowest BCUT2D eigenvalue weighted by Crippen LogP contribution is -2.30. The molecule has 0 radical (unpaired) electrons. The number of rotatable bonds is 3. The Labute approximate surface area is 252 Å². The van der Waals surface area contributed by atoms with Crippen LogP contribution in [0.25, 0.3) is 38.6 Å². The summed E-state index contributed by atoms with van der Waals surface area (Å²) in [6.45, 7) is 2.33. The van der Waals surface area contributed by atoms with Crippen molar-refractivity contribution in [2.24, 2.45) is 5.92 Å². The molecule has 6 aromatic carbocycles. The molecule has 3 aliphatic rings. The highest BCUT2D eigenvalue weighted by Crippen LogP contribution is 2.60. The molecule has 0 saturated heterocycles. The summed E-state index contributed by atoms with van der Waals surface area (Å²) in [4.78, 5) is 0. The lowest BCUT2D eigenvalue weighted by molar-refractivity contribution is 0.487. The first kappa shape index (κ1) is 24.5. The van der Waals surface area contributed by atoms with Crippen molar-refractivity contribution >= 4 is 16.3 Å². The third kappa shape index (κ3) is 3.34. The van der Waals surface area contributed by atoms with Gasteiger partial charge in [-0.2, -0.15) is 0 Å². The van der Waals surface area contributed by atoms with E-state index in [0.717, 1.165) is 23.5 Å².